The van der Waals surface area contributed by atoms with E-state index in [2.05, 4.69) is 6.92 Å². The lowest BCUT2D eigenvalue weighted by Gasteiger charge is -2.25. The SMILES string of the molecule is CCCCCC(=O)N(C)C(C)c1ccc(Cl)cc1. The van der Waals surface area contributed by atoms with Gasteiger partial charge in [0.1, 0.15) is 0 Å². The molecule has 0 saturated carbocycles. The van der Waals surface area contributed by atoms with Crippen molar-refractivity contribution in [2.45, 2.75) is 45.6 Å². The van der Waals surface area contributed by atoms with Crippen molar-refractivity contribution in [2.24, 2.45) is 0 Å². The molecule has 0 radical (unpaired) electrons. The van der Waals surface area contributed by atoms with Gasteiger partial charge in [-0.25, -0.2) is 0 Å². The van der Waals surface area contributed by atoms with Crippen molar-refractivity contribution in [2.75, 3.05) is 7.05 Å². The lowest BCUT2D eigenvalue weighted by atomic mass is 10.1. The van der Waals surface area contributed by atoms with Crippen LogP contribution in [0.15, 0.2) is 24.3 Å². The summed E-state index contributed by atoms with van der Waals surface area (Å²) >= 11 is 5.86. The van der Waals surface area contributed by atoms with Crippen LogP contribution in [0.1, 0.15) is 51.1 Å². The van der Waals surface area contributed by atoms with Crippen LogP contribution in [-0.2, 0) is 4.79 Å². The van der Waals surface area contributed by atoms with E-state index in [1.165, 1.54) is 0 Å². The summed E-state index contributed by atoms with van der Waals surface area (Å²) < 4.78 is 0. The molecule has 0 aromatic heterocycles. The van der Waals surface area contributed by atoms with E-state index in [0.29, 0.717) is 6.42 Å². The highest BCUT2D eigenvalue weighted by molar-refractivity contribution is 6.30. The van der Waals surface area contributed by atoms with Gasteiger partial charge in [0.15, 0.2) is 0 Å². The molecule has 1 unspecified atom stereocenters. The summed E-state index contributed by atoms with van der Waals surface area (Å²) in [5.74, 6) is 0.214. The first-order chi connectivity index (χ1) is 8.56. The number of rotatable bonds is 6. The number of unbranched alkanes of at least 4 members (excludes halogenated alkanes) is 2. The van der Waals surface area contributed by atoms with E-state index >= 15 is 0 Å². The summed E-state index contributed by atoms with van der Waals surface area (Å²) in [6.07, 6.45) is 3.88. The molecule has 0 N–H and O–H groups in total. The predicted molar refractivity (Wildman–Crippen MR) is 76.8 cm³/mol. The van der Waals surface area contributed by atoms with Gasteiger partial charge in [0.25, 0.3) is 0 Å². The summed E-state index contributed by atoms with van der Waals surface area (Å²) in [6, 6.07) is 7.77. The number of carbonyl (C=O) groups excluding carboxylic acids is 1. The van der Waals surface area contributed by atoms with Crippen molar-refractivity contribution in [3.05, 3.63) is 34.9 Å². The fourth-order valence-electron chi connectivity index (χ4n) is 1.88. The molecule has 1 aromatic carbocycles. The smallest absolute Gasteiger partial charge is 0.222 e. The predicted octanol–water partition coefficient (Wildman–Crippen LogP) is 4.44. The van der Waals surface area contributed by atoms with Gasteiger partial charge < -0.3 is 4.90 Å². The Labute approximate surface area is 115 Å². The minimum atomic E-state index is 0.0939. The minimum absolute atomic E-state index is 0.0939. The maximum absolute atomic E-state index is 12.0. The second-order valence-electron chi connectivity index (χ2n) is 4.69. The Hall–Kier alpha value is -1.02. The number of benzene rings is 1. The summed E-state index contributed by atoms with van der Waals surface area (Å²) in [4.78, 5) is 13.8. The van der Waals surface area contributed by atoms with E-state index in [4.69, 9.17) is 11.6 Å². The fraction of sp³-hybridized carbons (Fsp3) is 0.533. The highest BCUT2D eigenvalue weighted by Gasteiger charge is 2.16. The van der Waals surface area contributed by atoms with Crippen LogP contribution >= 0.6 is 11.6 Å². The van der Waals surface area contributed by atoms with Crippen LogP contribution in [0.25, 0.3) is 0 Å². The molecule has 0 heterocycles. The molecule has 0 spiro atoms. The second-order valence-corrected chi connectivity index (χ2v) is 5.13. The Morgan fingerprint density at radius 3 is 2.44 bits per heavy atom. The molecule has 18 heavy (non-hydrogen) atoms. The Balaban J connectivity index is 2.57. The number of nitrogens with zero attached hydrogens (tertiary/aromatic N) is 1. The summed E-state index contributed by atoms with van der Waals surface area (Å²) in [6.45, 7) is 4.19. The van der Waals surface area contributed by atoms with Gasteiger partial charge in [-0.1, -0.05) is 43.5 Å². The molecule has 1 aromatic rings. The summed E-state index contributed by atoms with van der Waals surface area (Å²) in [7, 11) is 1.87. The fourth-order valence-corrected chi connectivity index (χ4v) is 2.01. The average molecular weight is 268 g/mol. The molecular weight excluding hydrogens is 246 g/mol. The summed E-state index contributed by atoms with van der Waals surface area (Å²) in [5, 5.41) is 0.725. The largest absolute Gasteiger partial charge is 0.339 e. The molecule has 1 amide bonds. The lowest BCUT2D eigenvalue weighted by Crippen LogP contribution is -2.29. The topological polar surface area (TPSA) is 20.3 Å². The van der Waals surface area contributed by atoms with Gasteiger partial charge in [-0.15, -0.1) is 0 Å². The van der Waals surface area contributed by atoms with Gasteiger partial charge in [-0.05, 0) is 31.0 Å². The highest BCUT2D eigenvalue weighted by Crippen LogP contribution is 2.21. The lowest BCUT2D eigenvalue weighted by molar-refractivity contribution is -0.131. The van der Waals surface area contributed by atoms with Gasteiger partial charge >= 0.3 is 0 Å². The van der Waals surface area contributed by atoms with Gasteiger partial charge in [0, 0.05) is 18.5 Å². The first-order valence-electron chi connectivity index (χ1n) is 6.57. The van der Waals surface area contributed by atoms with Crippen LogP contribution in [0.4, 0.5) is 0 Å². The second kappa shape index (κ2) is 7.42. The van der Waals surface area contributed by atoms with E-state index in [-0.39, 0.29) is 11.9 Å². The zero-order chi connectivity index (χ0) is 13.5. The Morgan fingerprint density at radius 2 is 1.89 bits per heavy atom. The number of hydrogen-bond acceptors (Lipinski definition) is 1. The van der Waals surface area contributed by atoms with Crippen LogP contribution < -0.4 is 0 Å². The molecule has 0 aliphatic rings. The average Bonchev–Trinajstić information content (AvgIpc) is 2.38. The third-order valence-corrected chi connectivity index (χ3v) is 3.57. The molecule has 0 fully saturated rings. The van der Waals surface area contributed by atoms with Crippen LogP contribution in [-0.4, -0.2) is 17.9 Å². The van der Waals surface area contributed by atoms with Gasteiger partial charge in [-0.2, -0.15) is 0 Å². The van der Waals surface area contributed by atoms with E-state index in [1.54, 1.807) is 0 Å². The molecular formula is C15H22ClNO. The standard InChI is InChI=1S/C15H22ClNO/c1-4-5-6-7-15(18)17(3)12(2)13-8-10-14(16)11-9-13/h8-12H,4-7H2,1-3H3. The van der Waals surface area contributed by atoms with E-state index in [1.807, 2.05) is 43.1 Å². The number of hydrogen-bond donors (Lipinski definition) is 0. The molecule has 3 heteroatoms. The molecule has 1 atom stereocenters. The van der Waals surface area contributed by atoms with Crippen LogP contribution in [0.5, 0.6) is 0 Å². The number of amides is 1. The summed E-state index contributed by atoms with van der Waals surface area (Å²) in [5.41, 5.74) is 1.12. The Bertz CT molecular complexity index is 375. The van der Waals surface area contributed by atoms with Gasteiger partial charge in [0.05, 0.1) is 6.04 Å². The minimum Gasteiger partial charge on any atom is -0.339 e. The molecule has 0 bridgehead atoms. The van der Waals surface area contributed by atoms with Crippen LogP contribution in [0.2, 0.25) is 5.02 Å². The van der Waals surface area contributed by atoms with Gasteiger partial charge in [-0.3, -0.25) is 4.79 Å². The quantitative estimate of drug-likeness (QED) is 0.698. The first kappa shape index (κ1) is 15.0. The van der Waals surface area contributed by atoms with E-state index in [0.717, 1.165) is 29.8 Å². The zero-order valence-electron chi connectivity index (χ0n) is 11.4. The molecule has 0 aliphatic heterocycles. The Morgan fingerprint density at radius 1 is 1.28 bits per heavy atom. The molecule has 0 saturated heterocycles. The monoisotopic (exact) mass is 267 g/mol. The van der Waals surface area contributed by atoms with Crippen molar-refractivity contribution in [3.63, 3.8) is 0 Å². The van der Waals surface area contributed by atoms with E-state index < -0.39 is 0 Å². The zero-order valence-corrected chi connectivity index (χ0v) is 12.2. The normalized spacial score (nSPS) is 12.2. The third-order valence-electron chi connectivity index (χ3n) is 3.32. The number of carbonyl (C=O) groups is 1. The van der Waals surface area contributed by atoms with Gasteiger partial charge in [0.2, 0.25) is 5.91 Å². The number of halogens is 1. The maximum Gasteiger partial charge on any atom is 0.222 e. The highest BCUT2D eigenvalue weighted by atomic mass is 35.5. The molecule has 100 valence electrons. The van der Waals surface area contributed by atoms with Crippen molar-refractivity contribution < 1.29 is 4.79 Å². The maximum atomic E-state index is 12.0. The van der Waals surface area contributed by atoms with Crippen molar-refractivity contribution in [1.82, 2.24) is 4.90 Å². The van der Waals surface area contributed by atoms with Crippen molar-refractivity contribution >= 4 is 17.5 Å². The Kier molecular flexibility index (Phi) is 6.20. The van der Waals surface area contributed by atoms with E-state index in [9.17, 15) is 4.79 Å². The van der Waals surface area contributed by atoms with Crippen molar-refractivity contribution in [3.8, 4) is 0 Å². The van der Waals surface area contributed by atoms with Crippen LogP contribution in [0, 0.1) is 0 Å². The molecule has 2 nitrogen and oxygen atoms in total. The molecule has 0 aliphatic carbocycles. The molecule has 1 rings (SSSR count). The third kappa shape index (κ3) is 4.34. The van der Waals surface area contributed by atoms with Crippen molar-refractivity contribution in [1.29, 1.82) is 0 Å². The van der Waals surface area contributed by atoms with Crippen LogP contribution in [0.3, 0.4) is 0 Å². The first-order valence-corrected chi connectivity index (χ1v) is 6.95.